The Bertz CT molecular complexity index is 1040. The maximum absolute atomic E-state index is 12.8. The van der Waals surface area contributed by atoms with E-state index >= 15 is 0 Å². The third-order valence-electron chi connectivity index (χ3n) is 5.08. The van der Waals surface area contributed by atoms with Crippen LogP contribution in [0, 0.1) is 0 Å². The number of para-hydroxylation sites is 2. The number of Topliss-reactive ketones (excluding diaryl/α,β-unsaturated/α-hetero) is 1. The predicted octanol–water partition coefficient (Wildman–Crippen LogP) is 3.36. The number of ketones is 1. The summed E-state index contributed by atoms with van der Waals surface area (Å²) in [5, 5.41) is 1.28. The number of fused-ring (bicyclic) bond motifs is 1. The van der Waals surface area contributed by atoms with Crippen LogP contribution in [0.1, 0.15) is 10.4 Å². The second-order valence-corrected chi connectivity index (χ2v) is 7.11. The first kappa shape index (κ1) is 18.4. The number of aromatic nitrogens is 1. The summed E-state index contributed by atoms with van der Waals surface area (Å²) < 4.78 is 5.42. The molecule has 0 atom stereocenters. The summed E-state index contributed by atoms with van der Waals surface area (Å²) in [5.41, 5.74) is 2.12. The average molecular weight is 398 g/mol. The van der Waals surface area contributed by atoms with Gasteiger partial charge in [0.1, 0.15) is 5.75 Å². The topological polar surface area (TPSA) is 65.6 Å². The zero-order valence-electron chi connectivity index (χ0n) is 15.4. The molecule has 1 aliphatic rings. The van der Waals surface area contributed by atoms with E-state index in [2.05, 4.69) is 9.88 Å². The van der Waals surface area contributed by atoms with Gasteiger partial charge in [0.2, 0.25) is 0 Å². The Kier molecular flexibility index (Phi) is 4.96. The number of piperazine rings is 1. The Morgan fingerprint density at radius 2 is 1.82 bits per heavy atom. The summed E-state index contributed by atoms with van der Waals surface area (Å²) >= 11 is 5.98. The van der Waals surface area contributed by atoms with E-state index in [1.54, 1.807) is 36.4 Å². The molecule has 0 saturated carbocycles. The molecule has 0 aliphatic carbocycles. The minimum Gasteiger partial charge on any atom is -0.495 e. The summed E-state index contributed by atoms with van der Waals surface area (Å²) in [6, 6.07) is 13.0. The molecule has 0 spiro atoms. The van der Waals surface area contributed by atoms with E-state index in [9.17, 15) is 9.59 Å². The number of halogens is 1. The summed E-state index contributed by atoms with van der Waals surface area (Å²) in [7, 11) is 1.64. The molecule has 1 saturated heterocycles. The third-order valence-corrected chi connectivity index (χ3v) is 5.31. The molecule has 7 heteroatoms. The van der Waals surface area contributed by atoms with Gasteiger partial charge in [0.15, 0.2) is 0 Å². The molecule has 1 N–H and O–H groups in total. The van der Waals surface area contributed by atoms with Gasteiger partial charge in [-0.25, -0.2) is 0 Å². The first-order valence-electron chi connectivity index (χ1n) is 9.06. The van der Waals surface area contributed by atoms with Crippen LogP contribution in [0.2, 0.25) is 5.02 Å². The first-order valence-corrected chi connectivity index (χ1v) is 9.44. The highest BCUT2D eigenvalue weighted by Gasteiger charge is 2.29. The molecule has 1 fully saturated rings. The number of hydrogen-bond donors (Lipinski definition) is 1. The van der Waals surface area contributed by atoms with Crippen LogP contribution < -0.4 is 9.64 Å². The fourth-order valence-corrected chi connectivity index (χ4v) is 3.76. The van der Waals surface area contributed by atoms with E-state index in [-0.39, 0.29) is 0 Å². The van der Waals surface area contributed by atoms with Crippen LogP contribution in [-0.2, 0) is 4.79 Å². The fourth-order valence-electron chi connectivity index (χ4n) is 3.59. The van der Waals surface area contributed by atoms with Gasteiger partial charge in [0.25, 0.3) is 11.7 Å². The Hall–Kier alpha value is -2.99. The number of aromatic amines is 1. The van der Waals surface area contributed by atoms with Gasteiger partial charge in [-0.2, -0.15) is 0 Å². The number of anilines is 1. The molecule has 1 aromatic heterocycles. The number of nitrogens with zero attached hydrogens (tertiary/aromatic N) is 2. The minimum atomic E-state index is -0.501. The highest BCUT2D eigenvalue weighted by molar-refractivity contribution is 6.45. The van der Waals surface area contributed by atoms with E-state index in [0.29, 0.717) is 42.2 Å². The maximum Gasteiger partial charge on any atom is 0.295 e. The molecule has 0 unspecified atom stereocenters. The number of benzene rings is 2. The van der Waals surface area contributed by atoms with Crippen molar-refractivity contribution >= 4 is 39.9 Å². The van der Waals surface area contributed by atoms with Crippen molar-refractivity contribution in [1.29, 1.82) is 0 Å². The van der Waals surface area contributed by atoms with Crippen molar-refractivity contribution in [3.8, 4) is 5.75 Å². The molecule has 2 heterocycles. The molecule has 0 radical (unpaired) electrons. The number of hydrogen-bond acceptors (Lipinski definition) is 4. The SMILES string of the molecule is COc1ccccc1N1CCN(C(=O)C(=O)c2c[nH]c3cc(Cl)ccc23)CC1. The smallest absolute Gasteiger partial charge is 0.295 e. The van der Waals surface area contributed by atoms with Crippen LogP contribution in [0.3, 0.4) is 0 Å². The van der Waals surface area contributed by atoms with Crippen molar-refractivity contribution in [1.82, 2.24) is 9.88 Å². The molecule has 0 bridgehead atoms. The van der Waals surface area contributed by atoms with Crippen LogP contribution in [0.5, 0.6) is 5.75 Å². The van der Waals surface area contributed by atoms with E-state index in [4.69, 9.17) is 16.3 Å². The standard InChI is InChI=1S/C21H20ClN3O3/c1-28-19-5-3-2-4-18(19)24-8-10-25(11-9-24)21(27)20(26)16-13-23-17-12-14(22)6-7-15(16)17/h2-7,12-13,23H,8-11H2,1H3. The first-order chi connectivity index (χ1) is 13.6. The number of H-pyrrole nitrogens is 1. The molecule has 1 amide bonds. The van der Waals surface area contributed by atoms with Crippen LogP contribution in [0.4, 0.5) is 5.69 Å². The number of methoxy groups -OCH3 is 1. The molecule has 1 aliphatic heterocycles. The Labute approximate surface area is 167 Å². The molecule has 2 aromatic carbocycles. The molecular formula is C21H20ClN3O3. The summed E-state index contributed by atoms with van der Waals surface area (Å²) in [6.07, 6.45) is 1.58. The zero-order chi connectivity index (χ0) is 19.7. The number of nitrogens with one attached hydrogen (secondary N) is 1. The van der Waals surface area contributed by atoms with Gasteiger partial charge in [0, 0.05) is 48.3 Å². The monoisotopic (exact) mass is 397 g/mol. The van der Waals surface area contributed by atoms with Crippen molar-refractivity contribution in [3.63, 3.8) is 0 Å². The second-order valence-electron chi connectivity index (χ2n) is 6.67. The Morgan fingerprint density at radius 3 is 2.57 bits per heavy atom. The highest BCUT2D eigenvalue weighted by Crippen LogP contribution is 2.28. The van der Waals surface area contributed by atoms with Crippen LogP contribution >= 0.6 is 11.6 Å². The predicted molar refractivity (Wildman–Crippen MR) is 109 cm³/mol. The number of carbonyl (C=O) groups excluding carboxylic acids is 2. The molecule has 3 aromatic rings. The summed E-state index contributed by atoms with van der Waals surface area (Å²) in [5.74, 6) is -0.175. The van der Waals surface area contributed by atoms with Gasteiger partial charge in [-0.1, -0.05) is 29.8 Å². The van der Waals surface area contributed by atoms with E-state index in [1.807, 2.05) is 24.3 Å². The second kappa shape index (κ2) is 7.56. The number of ether oxygens (including phenoxy) is 1. The largest absolute Gasteiger partial charge is 0.495 e. The van der Waals surface area contributed by atoms with Crippen molar-refractivity contribution in [3.05, 3.63) is 59.2 Å². The lowest BCUT2D eigenvalue weighted by Gasteiger charge is -2.36. The van der Waals surface area contributed by atoms with Crippen LogP contribution in [0.25, 0.3) is 10.9 Å². The highest BCUT2D eigenvalue weighted by atomic mass is 35.5. The van der Waals surface area contributed by atoms with Crippen LogP contribution in [0.15, 0.2) is 48.7 Å². The number of amides is 1. The third kappa shape index (κ3) is 3.31. The number of carbonyl (C=O) groups is 2. The van der Waals surface area contributed by atoms with Gasteiger partial charge >= 0.3 is 0 Å². The van der Waals surface area contributed by atoms with Crippen LogP contribution in [-0.4, -0.2) is 54.9 Å². The maximum atomic E-state index is 12.8. The summed E-state index contributed by atoms with van der Waals surface area (Å²) in [4.78, 5) is 32.3. The quantitative estimate of drug-likeness (QED) is 0.541. The lowest BCUT2D eigenvalue weighted by atomic mass is 10.1. The van der Waals surface area contributed by atoms with Crippen molar-refractivity contribution in [2.45, 2.75) is 0 Å². The number of rotatable bonds is 4. The van der Waals surface area contributed by atoms with E-state index in [1.165, 1.54) is 0 Å². The fraction of sp³-hybridized carbons (Fsp3) is 0.238. The van der Waals surface area contributed by atoms with Gasteiger partial charge in [-0.15, -0.1) is 0 Å². The zero-order valence-corrected chi connectivity index (χ0v) is 16.2. The van der Waals surface area contributed by atoms with Crippen molar-refractivity contribution < 1.29 is 14.3 Å². The van der Waals surface area contributed by atoms with Crippen molar-refractivity contribution in [2.75, 3.05) is 38.2 Å². The lowest BCUT2D eigenvalue weighted by molar-refractivity contribution is -0.126. The van der Waals surface area contributed by atoms with E-state index in [0.717, 1.165) is 17.0 Å². The normalized spacial score (nSPS) is 14.4. The Morgan fingerprint density at radius 1 is 1.07 bits per heavy atom. The van der Waals surface area contributed by atoms with Gasteiger partial charge < -0.3 is 19.5 Å². The van der Waals surface area contributed by atoms with Crippen molar-refractivity contribution in [2.24, 2.45) is 0 Å². The molecule has 6 nitrogen and oxygen atoms in total. The molecule has 144 valence electrons. The van der Waals surface area contributed by atoms with Gasteiger partial charge in [-0.3, -0.25) is 9.59 Å². The molecule has 4 rings (SSSR count). The van der Waals surface area contributed by atoms with Gasteiger partial charge in [-0.05, 0) is 24.3 Å². The molecule has 28 heavy (non-hydrogen) atoms. The molecular weight excluding hydrogens is 378 g/mol. The van der Waals surface area contributed by atoms with Gasteiger partial charge in [0.05, 0.1) is 18.4 Å². The Balaban J connectivity index is 1.47. The summed E-state index contributed by atoms with van der Waals surface area (Å²) in [6.45, 7) is 2.25. The van der Waals surface area contributed by atoms with E-state index < -0.39 is 11.7 Å². The lowest BCUT2D eigenvalue weighted by Crippen LogP contribution is -2.50. The minimum absolute atomic E-state index is 0.379. The average Bonchev–Trinajstić information content (AvgIpc) is 3.15.